The fourth-order valence-corrected chi connectivity index (χ4v) is 4.06. The number of nitrogens with zero attached hydrogens (tertiary/aromatic N) is 3. The van der Waals surface area contributed by atoms with E-state index in [1.807, 2.05) is 29.8 Å². The number of hydrogen-bond acceptors (Lipinski definition) is 4. The maximum absolute atomic E-state index is 4.60. The highest BCUT2D eigenvalue weighted by molar-refractivity contribution is 9.10. The number of benzene rings is 2. The first-order valence-corrected chi connectivity index (χ1v) is 10.5. The van der Waals surface area contributed by atoms with Gasteiger partial charge in [0.1, 0.15) is 0 Å². The van der Waals surface area contributed by atoms with Gasteiger partial charge in [-0.15, -0.1) is 11.3 Å². The van der Waals surface area contributed by atoms with Crippen LogP contribution in [0.1, 0.15) is 17.0 Å². The lowest BCUT2D eigenvalue weighted by atomic mass is 10.2. The maximum atomic E-state index is 4.60. The fourth-order valence-electron chi connectivity index (χ4n) is 3.13. The van der Waals surface area contributed by atoms with Gasteiger partial charge in [-0.3, -0.25) is 5.43 Å². The number of aryl methyl sites for hydroxylation is 1. The Bertz CT molecular complexity index is 1110. The molecule has 0 aliphatic rings. The molecule has 0 radical (unpaired) electrons. The average Bonchev–Trinajstić information content (AvgIpc) is 3.28. The van der Waals surface area contributed by atoms with Crippen molar-refractivity contribution in [1.82, 2.24) is 9.55 Å². The van der Waals surface area contributed by atoms with Crippen molar-refractivity contribution in [3.05, 3.63) is 87.5 Å². The van der Waals surface area contributed by atoms with Gasteiger partial charge in [0.2, 0.25) is 5.13 Å². The molecule has 4 nitrogen and oxygen atoms in total. The highest BCUT2D eigenvalue weighted by Crippen LogP contribution is 2.25. The Morgan fingerprint density at radius 2 is 1.82 bits per heavy atom. The van der Waals surface area contributed by atoms with Crippen molar-refractivity contribution in [3.8, 4) is 16.9 Å². The summed E-state index contributed by atoms with van der Waals surface area (Å²) >= 11 is 5.03. The van der Waals surface area contributed by atoms with Crippen molar-refractivity contribution in [3.63, 3.8) is 0 Å². The molecule has 0 bridgehead atoms. The van der Waals surface area contributed by atoms with Crippen LogP contribution in [-0.2, 0) is 0 Å². The zero-order valence-corrected chi connectivity index (χ0v) is 18.0. The summed E-state index contributed by atoms with van der Waals surface area (Å²) in [7, 11) is 0. The van der Waals surface area contributed by atoms with Gasteiger partial charge in [-0.25, -0.2) is 4.98 Å². The third kappa shape index (κ3) is 3.93. The number of nitrogens with one attached hydrogen (secondary N) is 1. The molecule has 4 rings (SSSR count). The first kappa shape index (κ1) is 18.7. The molecular formula is C22H19BrN4S. The SMILES string of the molecule is Cc1cc(/C=N/Nc2nc(-c3ccccc3)cs2)c(C)n1-c1ccc(Br)cc1. The highest BCUT2D eigenvalue weighted by atomic mass is 79.9. The van der Waals surface area contributed by atoms with Gasteiger partial charge in [0.05, 0.1) is 11.9 Å². The number of halogens is 1. The van der Waals surface area contributed by atoms with Crippen LogP contribution < -0.4 is 5.43 Å². The zero-order chi connectivity index (χ0) is 19.5. The summed E-state index contributed by atoms with van der Waals surface area (Å²) in [6, 6.07) is 20.6. The summed E-state index contributed by atoms with van der Waals surface area (Å²) in [6.45, 7) is 4.21. The molecule has 0 aliphatic heterocycles. The molecule has 0 saturated carbocycles. The largest absolute Gasteiger partial charge is 0.318 e. The first-order chi connectivity index (χ1) is 13.6. The number of anilines is 1. The molecule has 0 amide bonds. The zero-order valence-electron chi connectivity index (χ0n) is 15.6. The van der Waals surface area contributed by atoms with Crippen molar-refractivity contribution in [2.75, 3.05) is 5.43 Å². The predicted octanol–water partition coefficient (Wildman–Crippen LogP) is 6.43. The number of aromatic nitrogens is 2. The molecule has 0 fully saturated rings. The lowest BCUT2D eigenvalue weighted by molar-refractivity contribution is 0.964. The van der Waals surface area contributed by atoms with Crippen LogP contribution in [0.3, 0.4) is 0 Å². The van der Waals surface area contributed by atoms with E-state index in [1.165, 1.54) is 5.69 Å². The van der Waals surface area contributed by atoms with Crippen LogP contribution in [0.2, 0.25) is 0 Å². The molecule has 2 heterocycles. The number of thiazole rings is 1. The lowest BCUT2D eigenvalue weighted by Gasteiger charge is -2.09. The molecule has 0 spiro atoms. The summed E-state index contributed by atoms with van der Waals surface area (Å²) in [5, 5.41) is 7.20. The van der Waals surface area contributed by atoms with E-state index < -0.39 is 0 Å². The van der Waals surface area contributed by atoms with E-state index in [-0.39, 0.29) is 0 Å². The second-order valence-electron chi connectivity index (χ2n) is 6.41. The molecule has 0 atom stereocenters. The van der Waals surface area contributed by atoms with Gasteiger partial charge in [0.15, 0.2) is 0 Å². The van der Waals surface area contributed by atoms with Gasteiger partial charge in [-0.2, -0.15) is 5.10 Å². The molecule has 140 valence electrons. The van der Waals surface area contributed by atoms with Crippen molar-refractivity contribution in [2.45, 2.75) is 13.8 Å². The standard InChI is InChI=1S/C22H19BrN4S/c1-15-12-18(16(2)27(15)20-10-8-19(23)9-11-20)13-24-26-22-25-21(14-28-22)17-6-4-3-5-7-17/h3-14H,1-2H3,(H,25,26)/b24-13+. The summed E-state index contributed by atoms with van der Waals surface area (Å²) in [4.78, 5) is 4.60. The quantitative estimate of drug-likeness (QED) is 0.281. The number of hydrogen-bond donors (Lipinski definition) is 1. The smallest absolute Gasteiger partial charge is 0.203 e. The van der Waals surface area contributed by atoms with Crippen molar-refractivity contribution >= 4 is 38.6 Å². The molecule has 4 aromatic rings. The van der Waals surface area contributed by atoms with Crippen LogP contribution >= 0.6 is 27.3 Å². The topological polar surface area (TPSA) is 42.2 Å². The van der Waals surface area contributed by atoms with Gasteiger partial charge < -0.3 is 4.57 Å². The third-order valence-corrected chi connectivity index (χ3v) is 5.77. The second kappa shape index (κ2) is 8.12. The van der Waals surface area contributed by atoms with Gasteiger partial charge in [0.25, 0.3) is 0 Å². The van der Waals surface area contributed by atoms with Gasteiger partial charge in [0, 0.05) is 38.1 Å². The Hall–Kier alpha value is -2.70. The summed E-state index contributed by atoms with van der Waals surface area (Å²) in [6.07, 6.45) is 1.85. The van der Waals surface area contributed by atoms with Crippen LogP contribution in [-0.4, -0.2) is 15.8 Å². The molecule has 2 aromatic heterocycles. The minimum Gasteiger partial charge on any atom is -0.318 e. The molecular weight excluding hydrogens is 432 g/mol. The third-order valence-electron chi connectivity index (χ3n) is 4.49. The fraction of sp³-hybridized carbons (Fsp3) is 0.0909. The number of hydrazone groups is 1. The predicted molar refractivity (Wildman–Crippen MR) is 122 cm³/mol. The number of rotatable bonds is 5. The molecule has 6 heteroatoms. The van der Waals surface area contributed by atoms with Crippen LogP contribution in [0.25, 0.3) is 16.9 Å². The summed E-state index contributed by atoms with van der Waals surface area (Å²) < 4.78 is 3.30. The molecule has 0 aliphatic carbocycles. The van der Waals surface area contributed by atoms with Gasteiger partial charge in [-0.05, 0) is 44.2 Å². The van der Waals surface area contributed by atoms with E-state index >= 15 is 0 Å². The van der Waals surface area contributed by atoms with Crippen LogP contribution in [0.5, 0.6) is 0 Å². The van der Waals surface area contributed by atoms with E-state index in [2.05, 4.69) is 92.3 Å². The normalized spacial score (nSPS) is 11.2. The molecule has 0 unspecified atom stereocenters. The Morgan fingerprint density at radius 3 is 2.57 bits per heavy atom. The lowest BCUT2D eigenvalue weighted by Crippen LogP contribution is -1.99. The molecule has 0 saturated heterocycles. The monoisotopic (exact) mass is 450 g/mol. The Morgan fingerprint density at radius 1 is 1.07 bits per heavy atom. The van der Waals surface area contributed by atoms with E-state index in [9.17, 15) is 0 Å². The van der Waals surface area contributed by atoms with Gasteiger partial charge >= 0.3 is 0 Å². The minimum atomic E-state index is 0.775. The first-order valence-electron chi connectivity index (χ1n) is 8.87. The van der Waals surface area contributed by atoms with Crippen LogP contribution in [0.4, 0.5) is 5.13 Å². The van der Waals surface area contributed by atoms with Crippen LogP contribution in [0, 0.1) is 13.8 Å². The Labute approximate surface area is 176 Å². The maximum Gasteiger partial charge on any atom is 0.203 e. The highest BCUT2D eigenvalue weighted by Gasteiger charge is 2.09. The van der Waals surface area contributed by atoms with Crippen LogP contribution in [0.15, 0.2) is 75.6 Å². The molecule has 28 heavy (non-hydrogen) atoms. The second-order valence-corrected chi connectivity index (χ2v) is 8.19. The van der Waals surface area contributed by atoms with E-state index in [0.717, 1.165) is 37.8 Å². The average molecular weight is 451 g/mol. The van der Waals surface area contributed by atoms with Crippen molar-refractivity contribution in [2.24, 2.45) is 5.10 Å². The Kier molecular flexibility index (Phi) is 5.41. The molecule has 2 aromatic carbocycles. The van der Waals surface area contributed by atoms with Crippen molar-refractivity contribution < 1.29 is 0 Å². The summed E-state index contributed by atoms with van der Waals surface area (Å²) in [5.74, 6) is 0. The van der Waals surface area contributed by atoms with Gasteiger partial charge in [-0.1, -0.05) is 46.3 Å². The van der Waals surface area contributed by atoms with E-state index in [1.54, 1.807) is 11.3 Å². The van der Waals surface area contributed by atoms with E-state index in [0.29, 0.717) is 0 Å². The summed E-state index contributed by atoms with van der Waals surface area (Å²) in [5.41, 5.74) is 9.64. The Balaban J connectivity index is 1.51. The minimum absolute atomic E-state index is 0.775. The molecule has 1 N–H and O–H groups in total. The van der Waals surface area contributed by atoms with E-state index in [4.69, 9.17) is 0 Å². The van der Waals surface area contributed by atoms with Crippen molar-refractivity contribution in [1.29, 1.82) is 0 Å².